The fourth-order valence-corrected chi connectivity index (χ4v) is 1.96. The second-order valence-electron chi connectivity index (χ2n) is 3.94. The zero-order chi connectivity index (χ0) is 11.9. The highest BCUT2D eigenvalue weighted by atomic mass is 35.5. The van der Waals surface area contributed by atoms with Crippen LogP contribution < -0.4 is 5.56 Å². The quantitative estimate of drug-likeness (QED) is 0.812. The number of hydrogen-bond donors (Lipinski definition) is 1. The lowest BCUT2D eigenvalue weighted by Gasteiger charge is -2.01. The Hall–Kier alpha value is -1.48. The molecule has 1 N–H and O–H groups in total. The Morgan fingerprint density at radius 1 is 1.31 bits per heavy atom. The summed E-state index contributed by atoms with van der Waals surface area (Å²) in [7, 11) is 1.70. The van der Waals surface area contributed by atoms with E-state index in [1.807, 2.05) is 32.0 Å². The van der Waals surface area contributed by atoms with Gasteiger partial charge in [0, 0.05) is 17.8 Å². The van der Waals surface area contributed by atoms with Gasteiger partial charge in [-0.1, -0.05) is 23.7 Å². The minimum Gasteiger partial charge on any atom is -0.300 e. The van der Waals surface area contributed by atoms with Crippen molar-refractivity contribution in [1.29, 1.82) is 0 Å². The molecule has 0 unspecified atom stereocenters. The third-order valence-corrected chi connectivity index (χ3v) is 3.10. The Balaban J connectivity index is 2.68. The highest BCUT2D eigenvalue weighted by Gasteiger charge is 2.11. The first-order valence-electron chi connectivity index (χ1n) is 5.03. The molecule has 4 heteroatoms. The van der Waals surface area contributed by atoms with Crippen molar-refractivity contribution in [3.05, 3.63) is 44.8 Å². The summed E-state index contributed by atoms with van der Waals surface area (Å²) in [4.78, 5) is 11.9. The molecule has 0 fully saturated rings. The molecule has 0 atom stereocenters. The molecule has 16 heavy (non-hydrogen) atoms. The number of aromatic amines is 1. The number of aromatic nitrogens is 2. The van der Waals surface area contributed by atoms with Gasteiger partial charge < -0.3 is 0 Å². The van der Waals surface area contributed by atoms with E-state index in [-0.39, 0.29) is 5.56 Å². The van der Waals surface area contributed by atoms with Crippen molar-refractivity contribution >= 4 is 11.6 Å². The van der Waals surface area contributed by atoms with Crippen molar-refractivity contribution < 1.29 is 0 Å². The fraction of sp³-hybridized carbons (Fsp3) is 0.250. The molecular weight excluding hydrogens is 224 g/mol. The Morgan fingerprint density at radius 2 is 2.00 bits per heavy atom. The summed E-state index contributed by atoms with van der Waals surface area (Å²) in [6.45, 7) is 3.82. The smallest absolute Gasteiger partial charge is 0.274 e. The maximum Gasteiger partial charge on any atom is 0.274 e. The van der Waals surface area contributed by atoms with Crippen LogP contribution in [-0.4, -0.2) is 9.78 Å². The number of benzene rings is 1. The molecule has 2 rings (SSSR count). The Labute approximate surface area is 98.7 Å². The zero-order valence-corrected chi connectivity index (χ0v) is 10.2. The number of halogens is 1. The van der Waals surface area contributed by atoms with Crippen molar-refractivity contribution in [3.8, 4) is 11.1 Å². The molecule has 0 saturated heterocycles. The molecule has 0 bridgehead atoms. The molecule has 0 aliphatic rings. The standard InChI is InChI=1S/C12H13ClN2O/c1-7-4-5-9(6-10(7)13)11-8(2)14-15(3)12(11)16/h4-6,14H,1-3H3. The second kappa shape index (κ2) is 3.83. The van der Waals surface area contributed by atoms with Crippen LogP contribution in [0.15, 0.2) is 23.0 Å². The van der Waals surface area contributed by atoms with Gasteiger partial charge in [-0.15, -0.1) is 0 Å². The van der Waals surface area contributed by atoms with E-state index in [0.29, 0.717) is 10.6 Å². The Bertz CT molecular complexity index is 596. The highest BCUT2D eigenvalue weighted by molar-refractivity contribution is 6.31. The van der Waals surface area contributed by atoms with Crippen molar-refractivity contribution in [3.63, 3.8) is 0 Å². The normalized spacial score (nSPS) is 10.8. The van der Waals surface area contributed by atoms with E-state index < -0.39 is 0 Å². The topological polar surface area (TPSA) is 37.8 Å². The fourth-order valence-electron chi connectivity index (χ4n) is 1.77. The number of aryl methyl sites for hydroxylation is 3. The number of rotatable bonds is 1. The van der Waals surface area contributed by atoms with Crippen LogP contribution in [0.3, 0.4) is 0 Å². The average Bonchev–Trinajstić information content (AvgIpc) is 2.47. The molecule has 2 aromatic rings. The molecule has 0 amide bonds. The second-order valence-corrected chi connectivity index (χ2v) is 4.35. The van der Waals surface area contributed by atoms with Gasteiger partial charge in [-0.25, -0.2) is 0 Å². The lowest BCUT2D eigenvalue weighted by atomic mass is 10.1. The molecule has 3 nitrogen and oxygen atoms in total. The van der Waals surface area contributed by atoms with E-state index in [1.54, 1.807) is 7.05 Å². The Morgan fingerprint density at radius 3 is 2.50 bits per heavy atom. The maximum atomic E-state index is 11.9. The molecular formula is C12H13ClN2O. The maximum absolute atomic E-state index is 11.9. The molecule has 1 aromatic carbocycles. The van der Waals surface area contributed by atoms with Gasteiger partial charge in [-0.2, -0.15) is 0 Å². The van der Waals surface area contributed by atoms with E-state index in [0.717, 1.165) is 16.8 Å². The van der Waals surface area contributed by atoms with Gasteiger partial charge in [0.2, 0.25) is 0 Å². The number of H-pyrrole nitrogens is 1. The molecule has 1 heterocycles. The third-order valence-electron chi connectivity index (χ3n) is 2.69. The Kier molecular flexibility index (Phi) is 2.64. The number of nitrogens with one attached hydrogen (secondary N) is 1. The minimum absolute atomic E-state index is 0.0302. The van der Waals surface area contributed by atoms with E-state index >= 15 is 0 Å². The summed E-state index contributed by atoms with van der Waals surface area (Å²) >= 11 is 6.06. The largest absolute Gasteiger partial charge is 0.300 e. The number of hydrogen-bond acceptors (Lipinski definition) is 1. The lowest BCUT2D eigenvalue weighted by molar-refractivity contribution is 0.731. The molecule has 0 aliphatic carbocycles. The molecule has 1 aromatic heterocycles. The van der Waals surface area contributed by atoms with Gasteiger partial charge in [-0.05, 0) is 31.0 Å². The average molecular weight is 237 g/mol. The summed E-state index contributed by atoms with van der Waals surface area (Å²) in [5, 5.41) is 3.65. The van der Waals surface area contributed by atoms with Gasteiger partial charge >= 0.3 is 0 Å². The van der Waals surface area contributed by atoms with Crippen molar-refractivity contribution in [2.75, 3.05) is 0 Å². The van der Waals surface area contributed by atoms with Gasteiger partial charge in [0.05, 0.1) is 5.56 Å². The third kappa shape index (κ3) is 1.67. The highest BCUT2D eigenvalue weighted by Crippen LogP contribution is 2.24. The summed E-state index contributed by atoms with van der Waals surface area (Å²) < 4.78 is 1.47. The summed E-state index contributed by atoms with van der Waals surface area (Å²) in [6.07, 6.45) is 0. The van der Waals surface area contributed by atoms with Crippen molar-refractivity contribution in [2.45, 2.75) is 13.8 Å². The van der Waals surface area contributed by atoms with Gasteiger partial charge in [0.15, 0.2) is 0 Å². The van der Waals surface area contributed by atoms with Gasteiger partial charge in [0.1, 0.15) is 0 Å². The van der Waals surface area contributed by atoms with Crippen LogP contribution in [0.4, 0.5) is 0 Å². The van der Waals surface area contributed by atoms with Crippen LogP contribution in [0.25, 0.3) is 11.1 Å². The van der Waals surface area contributed by atoms with Gasteiger partial charge in [-0.3, -0.25) is 14.6 Å². The zero-order valence-electron chi connectivity index (χ0n) is 9.47. The predicted molar refractivity (Wildman–Crippen MR) is 66.0 cm³/mol. The van der Waals surface area contributed by atoms with Gasteiger partial charge in [0.25, 0.3) is 5.56 Å². The van der Waals surface area contributed by atoms with Crippen LogP contribution >= 0.6 is 11.6 Å². The first kappa shape index (κ1) is 11.0. The van der Waals surface area contributed by atoms with Crippen molar-refractivity contribution in [2.24, 2.45) is 7.05 Å². The lowest BCUT2D eigenvalue weighted by Crippen LogP contribution is -2.13. The SMILES string of the molecule is Cc1ccc(-c2c(C)[nH]n(C)c2=O)cc1Cl. The molecule has 84 valence electrons. The van der Waals surface area contributed by atoms with E-state index in [2.05, 4.69) is 5.10 Å². The summed E-state index contributed by atoms with van der Waals surface area (Å²) in [6, 6.07) is 5.66. The molecule has 0 saturated carbocycles. The van der Waals surface area contributed by atoms with E-state index in [4.69, 9.17) is 11.6 Å². The number of nitrogens with zero attached hydrogens (tertiary/aromatic N) is 1. The van der Waals surface area contributed by atoms with E-state index in [1.165, 1.54) is 4.68 Å². The minimum atomic E-state index is -0.0302. The van der Waals surface area contributed by atoms with Crippen LogP contribution in [0.2, 0.25) is 5.02 Å². The van der Waals surface area contributed by atoms with Crippen LogP contribution in [-0.2, 0) is 7.05 Å². The van der Waals surface area contributed by atoms with Crippen molar-refractivity contribution in [1.82, 2.24) is 9.78 Å². The first-order chi connectivity index (χ1) is 7.50. The molecule has 0 spiro atoms. The monoisotopic (exact) mass is 236 g/mol. The molecule has 0 radical (unpaired) electrons. The van der Waals surface area contributed by atoms with Crippen LogP contribution in [0, 0.1) is 13.8 Å². The first-order valence-corrected chi connectivity index (χ1v) is 5.40. The summed E-state index contributed by atoms with van der Waals surface area (Å²) in [5.41, 5.74) is 3.37. The van der Waals surface area contributed by atoms with E-state index in [9.17, 15) is 4.79 Å². The predicted octanol–water partition coefficient (Wildman–Crippen LogP) is 2.65. The van der Waals surface area contributed by atoms with Crippen LogP contribution in [0.1, 0.15) is 11.3 Å². The summed E-state index contributed by atoms with van der Waals surface area (Å²) in [5.74, 6) is 0. The molecule has 0 aliphatic heterocycles. The van der Waals surface area contributed by atoms with Crippen LogP contribution in [0.5, 0.6) is 0 Å².